The van der Waals surface area contributed by atoms with E-state index in [4.69, 9.17) is 14.2 Å². The molecule has 1 aliphatic heterocycles. The van der Waals surface area contributed by atoms with E-state index in [1.54, 1.807) is 12.3 Å². The van der Waals surface area contributed by atoms with Crippen molar-refractivity contribution in [1.82, 2.24) is 4.98 Å². The first-order valence-corrected chi connectivity index (χ1v) is 12.7. The Kier molecular flexibility index (Phi) is 8.83. The number of benzene rings is 1. The van der Waals surface area contributed by atoms with Crippen molar-refractivity contribution in [2.75, 3.05) is 38.3 Å². The molecule has 0 amide bonds. The van der Waals surface area contributed by atoms with E-state index in [2.05, 4.69) is 4.98 Å². The largest absolute Gasteiger partial charge is 0.497 e. The predicted molar refractivity (Wildman–Crippen MR) is 132 cm³/mol. The van der Waals surface area contributed by atoms with Gasteiger partial charge >= 0.3 is 18.3 Å². The lowest BCUT2D eigenvalue weighted by molar-refractivity contribution is -0.148. The van der Waals surface area contributed by atoms with E-state index >= 15 is 0 Å². The van der Waals surface area contributed by atoms with Gasteiger partial charge in [-0.3, -0.25) is 4.79 Å². The number of piperidine rings is 1. The third-order valence-electron chi connectivity index (χ3n) is 7.10. The van der Waals surface area contributed by atoms with Crippen molar-refractivity contribution in [1.29, 1.82) is 0 Å². The second-order valence-electron chi connectivity index (χ2n) is 9.89. The summed E-state index contributed by atoms with van der Waals surface area (Å²) in [7, 11) is 1.48. The molecular formula is C27H32F4N2O5. The van der Waals surface area contributed by atoms with E-state index in [9.17, 15) is 27.5 Å². The average Bonchev–Trinajstić information content (AvgIpc) is 3.75. The zero-order chi connectivity index (χ0) is 27.3. The van der Waals surface area contributed by atoms with Gasteiger partial charge in [0.1, 0.15) is 11.5 Å². The molecule has 1 saturated heterocycles. The molecule has 1 aliphatic carbocycles. The van der Waals surface area contributed by atoms with Crippen LogP contribution in [0.25, 0.3) is 0 Å². The SMILES string of the molecule is COc1ccc(OCC(F)(F)C(F)F)c(N2CCC(COc3cc(C(CC(=O)O)C4CC4)ccn3)CC2)c1. The average molecular weight is 541 g/mol. The summed E-state index contributed by atoms with van der Waals surface area (Å²) >= 11 is 0. The number of methoxy groups -OCH3 is 1. The fraction of sp³-hybridized carbons (Fsp3) is 0.556. The van der Waals surface area contributed by atoms with Crippen LogP contribution in [0.5, 0.6) is 17.4 Å². The van der Waals surface area contributed by atoms with E-state index in [1.807, 2.05) is 17.0 Å². The lowest BCUT2D eigenvalue weighted by atomic mass is 9.92. The van der Waals surface area contributed by atoms with Crippen LogP contribution < -0.4 is 19.1 Å². The maximum atomic E-state index is 13.4. The van der Waals surface area contributed by atoms with Gasteiger partial charge in [0.05, 0.1) is 25.8 Å². The van der Waals surface area contributed by atoms with Gasteiger partial charge in [-0.15, -0.1) is 0 Å². The van der Waals surface area contributed by atoms with Crippen molar-refractivity contribution in [3.63, 3.8) is 0 Å². The van der Waals surface area contributed by atoms with Crippen molar-refractivity contribution in [3.05, 3.63) is 42.1 Å². The highest BCUT2D eigenvalue weighted by Gasteiger charge is 2.42. The fourth-order valence-electron chi connectivity index (χ4n) is 4.75. The van der Waals surface area contributed by atoms with Crippen molar-refractivity contribution in [3.8, 4) is 17.4 Å². The normalized spacial score (nSPS) is 17.4. The molecule has 0 bridgehead atoms. The number of aromatic nitrogens is 1. The molecule has 2 fully saturated rings. The quantitative estimate of drug-likeness (QED) is 0.330. The molecule has 2 heterocycles. The van der Waals surface area contributed by atoms with Crippen LogP contribution in [0, 0.1) is 11.8 Å². The van der Waals surface area contributed by atoms with E-state index in [0.717, 1.165) is 31.2 Å². The Balaban J connectivity index is 1.34. The van der Waals surface area contributed by atoms with Crippen LogP contribution in [0.4, 0.5) is 23.2 Å². The summed E-state index contributed by atoms with van der Waals surface area (Å²) in [6, 6.07) is 8.31. The Labute approximate surface area is 218 Å². The molecule has 2 aliphatic rings. The monoisotopic (exact) mass is 540 g/mol. The van der Waals surface area contributed by atoms with E-state index < -0.39 is 24.9 Å². The zero-order valence-corrected chi connectivity index (χ0v) is 21.1. The number of rotatable bonds is 13. The molecule has 1 saturated carbocycles. The standard InChI is InChI=1S/C27H32F4N2O5/c1-36-20-4-5-23(38-16-27(30,31)26(28)29)22(13-20)33-10-7-17(8-11-33)15-37-24-12-19(6-9-32-24)21(14-25(34)35)18-2-3-18/h4-6,9,12-13,17-18,21,26H,2-3,7-8,10-11,14-16H2,1H3,(H,34,35). The number of pyridine rings is 1. The van der Waals surface area contributed by atoms with Crippen LogP contribution in [0.2, 0.25) is 0 Å². The van der Waals surface area contributed by atoms with Crippen LogP contribution in [0.15, 0.2) is 36.5 Å². The molecule has 1 aromatic carbocycles. The van der Waals surface area contributed by atoms with Gasteiger partial charge in [0, 0.05) is 31.4 Å². The van der Waals surface area contributed by atoms with Crippen LogP contribution in [0.1, 0.15) is 43.6 Å². The van der Waals surface area contributed by atoms with Gasteiger partial charge in [-0.05, 0) is 67.2 Å². The minimum atomic E-state index is -4.25. The number of carbonyl (C=O) groups is 1. The van der Waals surface area contributed by atoms with Gasteiger partial charge in [-0.1, -0.05) is 0 Å². The summed E-state index contributed by atoms with van der Waals surface area (Å²) in [6.07, 6.45) is 1.47. The first-order chi connectivity index (χ1) is 18.2. The number of nitrogens with zero attached hydrogens (tertiary/aromatic N) is 2. The number of alkyl halides is 4. The van der Waals surface area contributed by atoms with E-state index in [1.165, 1.54) is 19.2 Å². The predicted octanol–water partition coefficient (Wildman–Crippen LogP) is 5.63. The lowest BCUT2D eigenvalue weighted by Crippen LogP contribution is -2.37. The molecule has 11 heteroatoms. The summed E-state index contributed by atoms with van der Waals surface area (Å²) in [6.45, 7) is 0.172. The van der Waals surface area contributed by atoms with Gasteiger partial charge in [0.2, 0.25) is 5.88 Å². The summed E-state index contributed by atoms with van der Waals surface area (Å²) in [5.74, 6) is -3.46. The first-order valence-electron chi connectivity index (χ1n) is 12.7. The molecule has 1 N–H and O–H groups in total. The van der Waals surface area contributed by atoms with Crippen LogP contribution in [-0.4, -0.2) is 61.8 Å². The number of anilines is 1. The maximum Gasteiger partial charge on any atom is 0.340 e. The number of hydrogen-bond donors (Lipinski definition) is 1. The second kappa shape index (κ2) is 12.1. The van der Waals surface area contributed by atoms with Crippen molar-refractivity contribution >= 4 is 11.7 Å². The zero-order valence-electron chi connectivity index (χ0n) is 21.1. The molecule has 2 aromatic rings. The number of ether oxygens (including phenoxy) is 3. The highest BCUT2D eigenvalue weighted by molar-refractivity contribution is 5.68. The molecule has 1 unspecified atom stereocenters. The Morgan fingerprint density at radius 3 is 2.50 bits per heavy atom. The lowest BCUT2D eigenvalue weighted by Gasteiger charge is -2.34. The first kappa shape index (κ1) is 27.8. The number of hydrogen-bond acceptors (Lipinski definition) is 6. The Morgan fingerprint density at radius 2 is 1.87 bits per heavy atom. The second-order valence-corrected chi connectivity index (χ2v) is 9.89. The Hall–Kier alpha value is -3.24. The third kappa shape index (κ3) is 7.20. The highest BCUT2D eigenvalue weighted by Crippen LogP contribution is 2.45. The molecule has 1 atom stereocenters. The highest BCUT2D eigenvalue weighted by atomic mass is 19.3. The van der Waals surface area contributed by atoms with Crippen molar-refractivity contribution in [2.24, 2.45) is 11.8 Å². The molecule has 38 heavy (non-hydrogen) atoms. The van der Waals surface area contributed by atoms with E-state index in [-0.39, 0.29) is 24.0 Å². The molecule has 0 radical (unpaired) electrons. The fourth-order valence-corrected chi connectivity index (χ4v) is 4.75. The topological polar surface area (TPSA) is 81.1 Å². The molecule has 0 spiro atoms. The van der Waals surface area contributed by atoms with Gasteiger partial charge < -0.3 is 24.2 Å². The maximum absolute atomic E-state index is 13.4. The number of aliphatic carboxylic acids is 1. The number of carboxylic acid groups (broad SMARTS) is 1. The number of halogens is 4. The summed E-state index contributed by atoms with van der Waals surface area (Å²) in [5, 5.41) is 9.27. The van der Waals surface area contributed by atoms with Crippen LogP contribution in [-0.2, 0) is 4.79 Å². The van der Waals surface area contributed by atoms with Crippen LogP contribution in [0.3, 0.4) is 0 Å². The van der Waals surface area contributed by atoms with Gasteiger partial charge in [-0.2, -0.15) is 8.78 Å². The van der Waals surface area contributed by atoms with Crippen molar-refractivity contribution < 1.29 is 41.7 Å². The smallest absolute Gasteiger partial charge is 0.340 e. The third-order valence-corrected chi connectivity index (χ3v) is 7.10. The van der Waals surface area contributed by atoms with Crippen molar-refractivity contribution in [2.45, 2.75) is 50.4 Å². The molecule has 7 nitrogen and oxygen atoms in total. The minimum Gasteiger partial charge on any atom is -0.497 e. The summed E-state index contributed by atoms with van der Waals surface area (Å²) in [5.41, 5.74) is 1.44. The molecular weight excluding hydrogens is 508 g/mol. The Morgan fingerprint density at radius 1 is 1.13 bits per heavy atom. The molecule has 208 valence electrons. The molecule has 1 aromatic heterocycles. The molecule has 4 rings (SSSR count). The summed E-state index contributed by atoms with van der Waals surface area (Å²) in [4.78, 5) is 17.5. The van der Waals surface area contributed by atoms with Gasteiger partial charge in [0.25, 0.3) is 0 Å². The van der Waals surface area contributed by atoms with Gasteiger partial charge in [0.15, 0.2) is 6.61 Å². The van der Waals surface area contributed by atoms with E-state index in [0.29, 0.717) is 42.9 Å². The Bertz CT molecular complexity index is 1090. The number of carboxylic acids is 1. The minimum absolute atomic E-state index is 0.0407. The summed E-state index contributed by atoms with van der Waals surface area (Å²) < 4.78 is 68.4. The van der Waals surface area contributed by atoms with Gasteiger partial charge in [-0.25, -0.2) is 13.8 Å². The van der Waals surface area contributed by atoms with Crippen LogP contribution >= 0.6 is 0 Å².